The second-order valence-electron chi connectivity index (χ2n) is 5.14. The molecule has 1 saturated heterocycles. The van der Waals surface area contributed by atoms with Crippen molar-refractivity contribution in [1.82, 2.24) is 5.32 Å². The van der Waals surface area contributed by atoms with E-state index in [2.05, 4.69) is 5.32 Å². The molecule has 78 valence electrons. The topological polar surface area (TPSA) is 38.3 Å². The van der Waals surface area contributed by atoms with Crippen molar-refractivity contribution in [2.24, 2.45) is 11.8 Å². The van der Waals surface area contributed by atoms with Crippen LogP contribution in [0.2, 0.25) is 0 Å². The van der Waals surface area contributed by atoms with E-state index >= 15 is 0 Å². The van der Waals surface area contributed by atoms with E-state index in [0.29, 0.717) is 0 Å². The average molecular weight is 195 g/mol. The van der Waals surface area contributed by atoms with Crippen LogP contribution in [0.3, 0.4) is 0 Å². The maximum Gasteiger partial charge on any atom is 0.407 e. The number of fused-ring (bicyclic) bond motifs is 1. The zero-order valence-electron chi connectivity index (χ0n) is 8.42. The zero-order valence-corrected chi connectivity index (χ0v) is 8.42. The molecule has 3 heteroatoms. The predicted molar refractivity (Wildman–Crippen MR) is 51.9 cm³/mol. The minimum absolute atomic E-state index is 0.114. The molecule has 0 bridgehead atoms. The lowest BCUT2D eigenvalue weighted by Gasteiger charge is -2.23. The molecule has 0 aromatic rings. The van der Waals surface area contributed by atoms with Crippen LogP contribution in [0.5, 0.6) is 0 Å². The second kappa shape index (κ2) is 2.88. The number of ether oxygens (including phenoxy) is 1. The number of rotatable bonds is 0. The van der Waals surface area contributed by atoms with Gasteiger partial charge in [-0.25, -0.2) is 4.79 Å². The molecule has 1 spiro atoms. The summed E-state index contributed by atoms with van der Waals surface area (Å²) >= 11 is 0. The van der Waals surface area contributed by atoms with Gasteiger partial charge in [0.15, 0.2) is 0 Å². The summed E-state index contributed by atoms with van der Waals surface area (Å²) in [7, 11) is 0. The first-order valence-corrected chi connectivity index (χ1v) is 5.74. The number of amides is 1. The summed E-state index contributed by atoms with van der Waals surface area (Å²) in [5.74, 6) is 1.66. The lowest BCUT2D eigenvalue weighted by Crippen LogP contribution is -2.30. The maximum absolute atomic E-state index is 11.1. The van der Waals surface area contributed by atoms with Gasteiger partial charge in [-0.15, -0.1) is 0 Å². The highest BCUT2D eigenvalue weighted by Gasteiger charge is 2.51. The molecule has 1 aliphatic heterocycles. The third kappa shape index (κ3) is 1.22. The van der Waals surface area contributed by atoms with Gasteiger partial charge in [0.1, 0.15) is 5.60 Å². The monoisotopic (exact) mass is 195 g/mol. The Hall–Kier alpha value is -0.730. The van der Waals surface area contributed by atoms with Crippen LogP contribution in [0.1, 0.15) is 38.5 Å². The van der Waals surface area contributed by atoms with Crippen LogP contribution >= 0.6 is 0 Å². The molecule has 3 aliphatic rings. The van der Waals surface area contributed by atoms with Gasteiger partial charge in [0.2, 0.25) is 0 Å². The van der Waals surface area contributed by atoms with Crippen molar-refractivity contribution in [3.63, 3.8) is 0 Å². The minimum Gasteiger partial charge on any atom is -0.441 e. The molecule has 0 aromatic heterocycles. The molecule has 0 aromatic carbocycles. The van der Waals surface area contributed by atoms with Crippen LogP contribution in [0.25, 0.3) is 0 Å². The molecule has 1 amide bonds. The average Bonchev–Trinajstić information content (AvgIpc) is 2.69. The van der Waals surface area contributed by atoms with E-state index in [1.165, 1.54) is 25.7 Å². The van der Waals surface area contributed by atoms with Gasteiger partial charge in [-0.3, -0.25) is 0 Å². The summed E-state index contributed by atoms with van der Waals surface area (Å²) in [5, 5.41) is 2.80. The molecule has 2 saturated carbocycles. The summed E-state index contributed by atoms with van der Waals surface area (Å²) in [6.45, 7) is 0.749. The Kier molecular flexibility index (Phi) is 1.76. The van der Waals surface area contributed by atoms with Crippen LogP contribution in [-0.2, 0) is 4.74 Å². The highest BCUT2D eigenvalue weighted by atomic mass is 16.6. The summed E-state index contributed by atoms with van der Waals surface area (Å²) in [5.41, 5.74) is -0.114. The summed E-state index contributed by atoms with van der Waals surface area (Å²) in [6, 6.07) is 0. The molecular formula is C11H17NO2. The van der Waals surface area contributed by atoms with E-state index < -0.39 is 0 Å². The standard InChI is InChI=1S/C11H17NO2/c13-10-12-7-11(14-10)5-8-3-1-2-4-9(8)6-11/h8-9H,1-7H2,(H,12,13)/t8-,9+,11-. The van der Waals surface area contributed by atoms with Gasteiger partial charge in [0, 0.05) is 0 Å². The van der Waals surface area contributed by atoms with Gasteiger partial charge in [-0.05, 0) is 24.7 Å². The Morgan fingerprint density at radius 1 is 1.21 bits per heavy atom. The Labute approximate surface area is 84.2 Å². The molecule has 14 heavy (non-hydrogen) atoms. The van der Waals surface area contributed by atoms with E-state index in [0.717, 1.165) is 31.2 Å². The van der Waals surface area contributed by atoms with Gasteiger partial charge < -0.3 is 10.1 Å². The van der Waals surface area contributed by atoms with Gasteiger partial charge in [0.25, 0.3) is 0 Å². The molecule has 1 N–H and O–H groups in total. The predicted octanol–water partition coefficient (Wildman–Crippen LogP) is 2.07. The van der Waals surface area contributed by atoms with E-state index in [1.54, 1.807) is 0 Å². The van der Waals surface area contributed by atoms with Crippen molar-refractivity contribution < 1.29 is 9.53 Å². The maximum atomic E-state index is 11.1. The molecule has 3 rings (SSSR count). The van der Waals surface area contributed by atoms with Gasteiger partial charge in [0.05, 0.1) is 6.54 Å². The quantitative estimate of drug-likeness (QED) is 0.642. The highest BCUT2D eigenvalue weighted by Crippen LogP contribution is 2.49. The highest BCUT2D eigenvalue weighted by molar-refractivity contribution is 5.70. The van der Waals surface area contributed by atoms with E-state index in [4.69, 9.17) is 4.74 Å². The van der Waals surface area contributed by atoms with Crippen LogP contribution < -0.4 is 5.32 Å². The van der Waals surface area contributed by atoms with Crippen LogP contribution in [-0.4, -0.2) is 18.2 Å². The summed E-state index contributed by atoms with van der Waals surface area (Å²) in [6.07, 6.45) is 7.46. The van der Waals surface area contributed by atoms with Crippen LogP contribution in [0.15, 0.2) is 0 Å². The van der Waals surface area contributed by atoms with Gasteiger partial charge in [-0.2, -0.15) is 0 Å². The number of carbonyl (C=O) groups is 1. The Balaban J connectivity index is 1.76. The molecule has 3 nitrogen and oxygen atoms in total. The van der Waals surface area contributed by atoms with Crippen molar-refractivity contribution >= 4 is 6.09 Å². The lowest BCUT2D eigenvalue weighted by molar-refractivity contribution is 0.0576. The minimum atomic E-state index is -0.205. The number of hydrogen-bond acceptors (Lipinski definition) is 2. The SMILES string of the molecule is O=C1NC[C@]2(C[C@H]3CCCC[C@H]3C2)O1. The molecular weight excluding hydrogens is 178 g/mol. The van der Waals surface area contributed by atoms with E-state index in [-0.39, 0.29) is 11.7 Å². The Morgan fingerprint density at radius 3 is 2.36 bits per heavy atom. The molecule has 0 unspecified atom stereocenters. The number of hydrogen-bond donors (Lipinski definition) is 1. The normalized spacial score (nSPS) is 46.1. The molecule has 2 aliphatic carbocycles. The van der Waals surface area contributed by atoms with E-state index in [1.807, 2.05) is 0 Å². The largest absolute Gasteiger partial charge is 0.441 e. The summed E-state index contributed by atoms with van der Waals surface area (Å²) in [4.78, 5) is 11.1. The Morgan fingerprint density at radius 2 is 1.86 bits per heavy atom. The first-order chi connectivity index (χ1) is 6.77. The van der Waals surface area contributed by atoms with Gasteiger partial charge in [-0.1, -0.05) is 25.7 Å². The Bertz CT molecular complexity index is 250. The molecule has 1 heterocycles. The van der Waals surface area contributed by atoms with Crippen molar-refractivity contribution in [1.29, 1.82) is 0 Å². The molecule has 0 radical (unpaired) electrons. The fourth-order valence-electron chi connectivity index (χ4n) is 3.59. The van der Waals surface area contributed by atoms with Crippen molar-refractivity contribution in [2.75, 3.05) is 6.54 Å². The number of alkyl carbamates (subject to hydrolysis) is 1. The first-order valence-electron chi connectivity index (χ1n) is 5.74. The fourth-order valence-corrected chi connectivity index (χ4v) is 3.59. The van der Waals surface area contributed by atoms with E-state index in [9.17, 15) is 4.79 Å². The van der Waals surface area contributed by atoms with Crippen molar-refractivity contribution in [2.45, 2.75) is 44.1 Å². The van der Waals surface area contributed by atoms with Crippen LogP contribution in [0, 0.1) is 11.8 Å². The third-order valence-electron chi connectivity index (χ3n) is 4.20. The summed E-state index contributed by atoms with van der Waals surface area (Å²) < 4.78 is 5.45. The third-order valence-corrected chi connectivity index (χ3v) is 4.20. The van der Waals surface area contributed by atoms with Gasteiger partial charge >= 0.3 is 6.09 Å². The zero-order chi connectivity index (χ0) is 9.60. The smallest absolute Gasteiger partial charge is 0.407 e. The number of carbonyl (C=O) groups excluding carboxylic acids is 1. The lowest BCUT2D eigenvalue weighted by atomic mass is 9.82. The molecule has 3 fully saturated rings. The van der Waals surface area contributed by atoms with Crippen molar-refractivity contribution in [3.05, 3.63) is 0 Å². The number of nitrogens with one attached hydrogen (secondary N) is 1. The second-order valence-corrected chi connectivity index (χ2v) is 5.14. The van der Waals surface area contributed by atoms with Crippen molar-refractivity contribution in [3.8, 4) is 0 Å². The first kappa shape index (κ1) is 8.57. The van der Waals surface area contributed by atoms with Crippen LogP contribution in [0.4, 0.5) is 4.79 Å². The molecule has 3 atom stereocenters. The fraction of sp³-hybridized carbons (Fsp3) is 0.909.